The fourth-order valence-electron chi connectivity index (χ4n) is 2.56. The SMILES string of the molecule is C=CCCOC(=O)CCc1cc(C(C)(C)C)c(O)c(C(C)(C)C)c1. The fraction of sp³-hybridized carbons (Fsp3) is 0.571. The molecule has 0 aromatic heterocycles. The number of hydrogen-bond donors (Lipinski definition) is 1. The van der Waals surface area contributed by atoms with Crippen molar-refractivity contribution in [2.45, 2.75) is 71.6 Å². The third-order valence-corrected chi connectivity index (χ3v) is 3.99. The zero-order valence-electron chi connectivity index (χ0n) is 16.0. The third kappa shape index (κ3) is 5.70. The number of hydrogen-bond acceptors (Lipinski definition) is 3. The van der Waals surface area contributed by atoms with Crippen molar-refractivity contribution in [3.05, 3.63) is 41.5 Å². The smallest absolute Gasteiger partial charge is 0.306 e. The average Bonchev–Trinajstić information content (AvgIpc) is 2.44. The third-order valence-electron chi connectivity index (χ3n) is 3.99. The summed E-state index contributed by atoms with van der Waals surface area (Å²) in [6, 6.07) is 4.03. The summed E-state index contributed by atoms with van der Waals surface area (Å²) in [5, 5.41) is 10.7. The Hall–Kier alpha value is -1.77. The van der Waals surface area contributed by atoms with Crippen LogP contribution in [0.25, 0.3) is 0 Å². The van der Waals surface area contributed by atoms with E-state index in [0.29, 0.717) is 31.6 Å². The minimum atomic E-state index is -0.195. The van der Waals surface area contributed by atoms with Crippen LogP contribution in [-0.2, 0) is 26.8 Å². The van der Waals surface area contributed by atoms with Gasteiger partial charge in [0.1, 0.15) is 5.75 Å². The van der Waals surface area contributed by atoms with Gasteiger partial charge < -0.3 is 9.84 Å². The van der Waals surface area contributed by atoms with Gasteiger partial charge in [-0.25, -0.2) is 0 Å². The van der Waals surface area contributed by atoms with Crippen molar-refractivity contribution in [1.82, 2.24) is 0 Å². The number of carbonyl (C=O) groups is 1. The second kappa shape index (κ2) is 7.87. The summed E-state index contributed by atoms with van der Waals surface area (Å²) < 4.78 is 5.16. The van der Waals surface area contributed by atoms with Gasteiger partial charge in [0.2, 0.25) is 0 Å². The summed E-state index contributed by atoms with van der Waals surface area (Å²) in [5.74, 6) is 0.173. The molecule has 0 aliphatic heterocycles. The van der Waals surface area contributed by atoms with Crippen molar-refractivity contribution < 1.29 is 14.6 Å². The lowest BCUT2D eigenvalue weighted by atomic mass is 9.78. The molecule has 0 spiro atoms. The zero-order valence-corrected chi connectivity index (χ0v) is 16.0. The van der Waals surface area contributed by atoms with Crippen LogP contribution in [0.5, 0.6) is 5.75 Å². The first-order valence-corrected chi connectivity index (χ1v) is 8.60. The molecule has 1 aromatic carbocycles. The molecule has 0 fully saturated rings. The molecule has 24 heavy (non-hydrogen) atoms. The van der Waals surface area contributed by atoms with Gasteiger partial charge in [0, 0.05) is 6.42 Å². The van der Waals surface area contributed by atoms with Crippen LogP contribution in [0, 0.1) is 0 Å². The van der Waals surface area contributed by atoms with E-state index in [1.807, 2.05) is 12.1 Å². The van der Waals surface area contributed by atoms with Gasteiger partial charge in [-0.15, -0.1) is 6.58 Å². The Morgan fingerprint density at radius 2 is 1.62 bits per heavy atom. The standard InChI is InChI=1S/C21H32O3/c1-8-9-12-24-18(22)11-10-15-13-16(20(2,3)4)19(23)17(14-15)21(5,6)7/h8,13-14,23H,1,9-12H2,2-7H3. The van der Waals surface area contributed by atoms with Crippen molar-refractivity contribution in [3.63, 3.8) is 0 Å². The molecular weight excluding hydrogens is 300 g/mol. The minimum Gasteiger partial charge on any atom is -0.507 e. The van der Waals surface area contributed by atoms with Crippen LogP contribution in [0.4, 0.5) is 0 Å². The Bertz CT molecular complexity index is 551. The molecule has 0 amide bonds. The molecule has 0 bridgehead atoms. The Kier molecular flexibility index (Phi) is 6.65. The predicted molar refractivity (Wildman–Crippen MR) is 99.6 cm³/mol. The van der Waals surface area contributed by atoms with Crippen LogP contribution in [0.2, 0.25) is 0 Å². The van der Waals surface area contributed by atoms with Crippen molar-refractivity contribution in [2.75, 3.05) is 6.61 Å². The molecule has 3 nitrogen and oxygen atoms in total. The highest BCUT2D eigenvalue weighted by molar-refractivity contribution is 5.69. The van der Waals surface area contributed by atoms with Gasteiger partial charge in [-0.05, 0) is 40.4 Å². The maximum absolute atomic E-state index is 11.8. The molecule has 0 unspecified atom stereocenters. The first-order valence-electron chi connectivity index (χ1n) is 8.60. The summed E-state index contributed by atoms with van der Waals surface area (Å²) in [5.41, 5.74) is 2.58. The minimum absolute atomic E-state index is 0.162. The van der Waals surface area contributed by atoms with E-state index in [2.05, 4.69) is 48.1 Å². The molecular formula is C21H32O3. The van der Waals surface area contributed by atoms with Gasteiger partial charge >= 0.3 is 5.97 Å². The van der Waals surface area contributed by atoms with Crippen LogP contribution in [0.1, 0.15) is 71.1 Å². The predicted octanol–water partition coefficient (Wildman–Crippen LogP) is 5.04. The number of esters is 1. The van der Waals surface area contributed by atoms with Crippen molar-refractivity contribution >= 4 is 5.97 Å². The van der Waals surface area contributed by atoms with Gasteiger partial charge in [0.15, 0.2) is 0 Å². The normalized spacial score (nSPS) is 12.1. The molecule has 1 N–H and O–H groups in total. The van der Waals surface area contributed by atoms with Crippen molar-refractivity contribution in [2.24, 2.45) is 0 Å². The van der Waals surface area contributed by atoms with Crippen LogP contribution in [0.3, 0.4) is 0 Å². The molecule has 0 aliphatic carbocycles. The Morgan fingerprint density at radius 1 is 1.12 bits per heavy atom. The lowest BCUT2D eigenvalue weighted by Gasteiger charge is -2.28. The largest absolute Gasteiger partial charge is 0.507 e. The van der Waals surface area contributed by atoms with Crippen LogP contribution < -0.4 is 0 Å². The summed E-state index contributed by atoms with van der Waals surface area (Å²) in [7, 11) is 0. The van der Waals surface area contributed by atoms with E-state index in [1.165, 1.54) is 0 Å². The van der Waals surface area contributed by atoms with E-state index in [-0.39, 0.29) is 16.8 Å². The van der Waals surface area contributed by atoms with E-state index >= 15 is 0 Å². The van der Waals surface area contributed by atoms with Crippen molar-refractivity contribution in [3.8, 4) is 5.75 Å². The maximum Gasteiger partial charge on any atom is 0.306 e. The molecule has 0 saturated carbocycles. The number of phenolic OH excluding ortho intramolecular Hbond substituents is 1. The Morgan fingerprint density at radius 3 is 2.04 bits per heavy atom. The number of phenols is 1. The monoisotopic (exact) mass is 332 g/mol. The number of carbonyl (C=O) groups excluding carboxylic acids is 1. The Balaban J connectivity index is 3.03. The molecule has 0 saturated heterocycles. The summed E-state index contributed by atoms with van der Waals surface area (Å²) in [6.45, 7) is 16.5. The van der Waals surface area contributed by atoms with E-state index in [0.717, 1.165) is 16.7 Å². The molecule has 0 aliphatic rings. The van der Waals surface area contributed by atoms with Gasteiger partial charge in [-0.3, -0.25) is 4.79 Å². The van der Waals surface area contributed by atoms with Crippen LogP contribution in [0.15, 0.2) is 24.8 Å². The van der Waals surface area contributed by atoms with Gasteiger partial charge in [0.05, 0.1) is 6.61 Å². The molecule has 0 radical (unpaired) electrons. The first kappa shape index (κ1) is 20.3. The molecule has 0 heterocycles. The van der Waals surface area contributed by atoms with E-state index < -0.39 is 0 Å². The summed E-state index contributed by atoms with van der Waals surface area (Å²) >= 11 is 0. The number of aromatic hydroxyl groups is 1. The van der Waals surface area contributed by atoms with Crippen LogP contribution in [-0.4, -0.2) is 17.7 Å². The molecule has 134 valence electrons. The Labute approximate surface area is 146 Å². The first-order chi connectivity index (χ1) is 11.0. The second-order valence-electron chi connectivity index (χ2n) is 8.34. The highest BCUT2D eigenvalue weighted by Crippen LogP contribution is 2.39. The van der Waals surface area contributed by atoms with E-state index in [1.54, 1.807) is 6.08 Å². The highest BCUT2D eigenvalue weighted by Gasteiger charge is 2.26. The topological polar surface area (TPSA) is 46.5 Å². The fourth-order valence-corrected chi connectivity index (χ4v) is 2.56. The van der Waals surface area contributed by atoms with Gasteiger partial charge in [0.25, 0.3) is 0 Å². The van der Waals surface area contributed by atoms with Crippen molar-refractivity contribution in [1.29, 1.82) is 0 Å². The average molecular weight is 332 g/mol. The molecule has 0 atom stereocenters. The van der Waals surface area contributed by atoms with Gasteiger partial charge in [-0.2, -0.15) is 0 Å². The highest BCUT2D eigenvalue weighted by atomic mass is 16.5. The molecule has 1 rings (SSSR count). The second-order valence-corrected chi connectivity index (χ2v) is 8.34. The maximum atomic E-state index is 11.8. The van der Waals surface area contributed by atoms with E-state index in [9.17, 15) is 9.90 Å². The lowest BCUT2D eigenvalue weighted by molar-refractivity contribution is -0.143. The quantitative estimate of drug-likeness (QED) is 0.451. The number of benzene rings is 1. The molecule has 3 heteroatoms. The van der Waals surface area contributed by atoms with Gasteiger partial charge in [-0.1, -0.05) is 59.8 Å². The lowest BCUT2D eigenvalue weighted by Crippen LogP contribution is -2.18. The van der Waals surface area contributed by atoms with Crippen LogP contribution >= 0.6 is 0 Å². The van der Waals surface area contributed by atoms with E-state index in [4.69, 9.17) is 4.74 Å². The number of rotatable bonds is 6. The zero-order chi connectivity index (χ0) is 18.5. The summed E-state index contributed by atoms with van der Waals surface area (Å²) in [4.78, 5) is 11.8. The number of aryl methyl sites for hydroxylation is 1. The summed E-state index contributed by atoms with van der Waals surface area (Å²) in [6.07, 6.45) is 3.36. The number of ether oxygens (including phenoxy) is 1. The molecule has 1 aromatic rings.